The maximum absolute atomic E-state index is 12.8. The third-order valence-electron chi connectivity index (χ3n) is 3.93. The topological polar surface area (TPSA) is 25.2 Å². The van der Waals surface area contributed by atoms with E-state index in [-0.39, 0.29) is 11.9 Å². The second kappa shape index (κ2) is 5.37. The van der Waals surface area contributed by atoms with Gasteiger partial charge in [0.15, 0.2) is 0 Å². The fourth-order valence-electron chi connectivity index (χ4n) is 2.96. The number of amides is 1. The Morgan fingerprint density at radius 3 is 3.00 bits per heavy atom. The van der Waals surface area contributed by atoms with Crippen LogP contribution >= 0.6 is 27.3 Å². The quantitative estimate of drug-likeness (QED) is 0.801. The van der Waals surface area contributed by atoms with Crippen LogP contribution in [0.2, 0.25) is 0 Å². The number of nitrogens with zero attached hydrogens (tertiary/aromatic N) is 2. The molecule has 0 bridgehead atoms. The molecule has 0 aliphatic carbocycles. The predicted octanol–water partition coefficient (Wildman–Crippen LogP) is 4.00. The van der Waals surface area contributed by atoms with E-state index in [1.165, 1.54) is 10.4 Å². The van der Waals surface area contributed by atoms with Gasteiger partial charge in [-0.3, -0.25) is 4.79 Å². The van der Waals surface area contributed by atoms with Crippen LogP contribution in [0, 0.1) is 0 Å². The average Bonchev–Trinajstić information content (AvgIpc) is 3.02. The predicted molar refractivity (Wildman–Crippen MR) is 85.2 cm³/mol. The van der Waals surface area contributed by atoms with Crippen molar-refractivity contribution in [2.75, 3.05) is 6.54 Å². The number of hydrogen-bond acceptors (Lipinski definition) is 2. The van der Waals surface area contributed by atoms with E-state index in [0.717, 1.165) is 29.6 Å². The summed E-state index contributed by atoms with van der Waals surface area (Å²) in [5, 5.41) is 2.14. The molecule has 1 amide bonds. The Bertz CT molecular complexity index is 646. The average molecular weight is 353 g/mol. The van der Waals surface area contributed by atoms with Crippen molar-refractivity contribution in [1.29, 1.82) is 0 Å². The first-order chi connectivity index (χ1) is 9.61. The zero-order valence-corrected chi connectivity index (χ0v) is 14.0. The number of hydrogen-bond donors (Lipinski definition) is 0. The van der Waals surface area contributed by atoms with Crippen LogP contribution < -0.4 is 0 Å². The third kappa shape index (κ3) is 2.23. The highest BCUT2D eigenvalue weighted by atomic mass is 79.9. The molecule has 3 nitrogen and oxygen atoms in total. The minimum atomic E-state index is 0.127. The van der Waals surface area contributed by atoms with Gasteiger partial charge in [0, 0.05) is 29.1 Å². The molecule has 0 aromatic carbocycles. The zero-order chi connectivity index (χ0) is 14.3. The monoisotopic (exact) mass is 352 g/mol. The third-order valence-corrected chi connectivity index (χ3v) is 5.36. The molecule has 0 fully saturated rings. The second-order valence-electron chi connectivity index (χ2n) is 5.13. The minimum absolute atomic E-state index is 0.127. The van der Waals surface area contributed by atoms with Crippen molar-refractivity contribution >= 4 is 33.2 Å². The van der Waals surface area contributed by atoms with E-state index >= 15 is 0 Å². The van der Waals surface area contributed by atoms with Gasteiger partial charge in [0.05, 0.1) is 6.04 Å². The van der Waals surface area contributed by atoms with Crippen LogP contribution in [0.5, 0.6) is 0 Å². The number of thiophene rings is 1. The molecule has 0 radical (unpaired) electrons. The van der Waals surface area contributed by atoms with Crippen molar-refractivity contribution in [3.63, 3.8) is 0 Å². The zero-order valence-electron chi connectivity index (χ0n) is 11.6. The van der Waals surface area contributed by atoms with Crippen molar-refractivity contribution < 1.29 is 4.79 Å². The van der Waals surface area contributed by atoms with E-state index in [4.69, 9.17) is 0 Å². The molecule has 1 atom stereocenters. The first-order valence-corrected chi connectivity index (χ1v) is 8.48. The Morgan fingerprint density at radius 1 is 1.55 bits per heavy atom. The SMILES string of the molecule is CCC1c2ccsc2CCN1C(=O)c1cc(Br)cn1C. The Labute approximate surface area is 131 Å². The van der Waals surface area contributed by atoms with Crippen molar-refractivity contribution in [3.8, 4) is 0 Å². The van der Waals surface area contributed by atoms with Gasteiger partial charge in [-0.25, -0.2) is 0 Å². The van der Waals surface area contributed by atoms with Crippen LogP contribution in [-0.2, 0) is 13.5 Å². The highest BCUT2D eigenvalue weighted by Crippen LogP contribution is 2.36. The van der Waals surface area contributed by atoms with Crippen molar-refractivity contribution in [3.05, 3.63) is 44.3 Å². The molecule has 1 aliphatic heterocycles. The van der Waals surface area contributed by atoms with Crippen molar-refractivity contribution in [1.82, 2.24) is 9.47 Å². The van der Waals surface area contributed by atoms with Gasteiger partial charge in [0.1, 0.15) is 5.69 Å². The molecule has 0 spiro atoms. The largest absolute Gasteiger partial charge is 0.345 e. The first kappa shape index (κ1) is 13.9. The molecule has 0 saturated carbocycles. The lowest BCUT2D eigenvalue weighted by Gasteiger charge is -2.35. The number of carbonyl (C=O) groups is 1. The molecule has 106 valence electrons. The fourth-order valence-corrected chi connectivity index (χ4v) is 4.42. The van der Waals surface area contributed by atoms with E-state index < -0.39 is 0 Å². The summed E-state index contributed by atoms with van der Waals surface area (Å²) in [6.45, 7) is 2.96. The Kier molecular flexibility index (Phi) is 3.73. The van der Waals surface area contributed by atoms with E-state index in [0.29, 0.717) is 0 Å². The number of aryl methyl sites for hydroxylation is 1. The van der Waals surface area contributed by atoms with Crippen LogP contribution in [0.1, 0.15) is 40.3 Å². The number of halogens is 1. The van der Waals surface area contributed by atoms with Gasteiger partial charge in [-0.1, -0.05) is 6.92 Å². The minimum Gasteiger partial charge on any atom is -0.345 e. The van der Waals surface area contributed by atoms with E-state index in [9.17, 15) is 4.79 Å². The summed E-state index contributed by atoms with van der Waals surface area (Å²) in [5.74, 6) is 0.127. The molecule has 0 saturated heterocycles. The summed E-state index contributed by atoms with van der Waals surface area (Å²) >= 11 is 5.25. The van der Waals surface area contributed by atoms with E-state index in [2.05, 4.69) is 34.3 Å². The van der Waals surface area contributed by atoms with Crippen LogP contribution in [0.3, 0.4) is 0 Å². The number of aromatic nitrogens is 1. The lowest BCUT2D eigenvalue weighted by atomic mass is 9.97. The van der Waals surface area contributed by atoms with Crippen LogP contribution in [0.15, 0.2) is 28.2 Å². The summed E-state index contributed by atoms with van der Waals surface area (Å²) < 4.78 is 2.84. The Morgan fingerprint density at radius 2 is 2.35 bits per heavy atom. The molecule has 1 aliphatic rings. The summed E-state index contributed by atoms with van der Waals surface area (Å²) in [5.41, 5.74) is 2.08. The maximum atomic E-state index is 12.8. The first-order valence-electron chi connectivity index (χ1n) is 6.81. The molecule has 0 N–H and O–H groups in total. The van der Waals surface area contributed by atoms with Crippen LogP contribution in [0.25, 0.3) is 0 Å². The highest BCUT2D eigenvalue weighted by Gasteiger charge is 2.31. The molecule has 3 heterocycles. The number of fused-ring (bicyclic) bond motifs is 1. The van der Waals surface area contributed by atoms with Gasteiger partial charge in [0.25, 0.3) is 5.91 Å². The highest BCUT2D eigenvalue weighted by molar-refractivity contribution is 9.10. The van der Waals surface area contributed by atoms with Crippen molar-refractivity contribution in [2.24, 2.45) is 7.05 Å². The number of rotatable bonds is 2. The maximum Gasteiger partial charge on any atom is 0.271 e. The molecule has 2 aromatic rings. The standard InChI is InChI=1S/C15H17BrN2OS/c1-3-12-11-5-7-20-14(11)4-6-18(12)15(19)13-8-10(16)9-17(13)2/h5,7-9,12H,3-4,6H2,1-2H3. The van der Waals surface area contributed by atoms with Gasteiger partial charge < -0.3 is 9.47 Å². The van der Waals surface area contributed by atoms with Gasteiger partial charge in [0.2, 0.25) is 0 Å². The summed E-state index contributed by atoms with van der Waals surface area (Å²) in [6, 6.07) is 4.29. The summed E-state index contributed by atoms with van der Waals surface area (Å²) in [4.78, 5) is 16.3. The number of carbonyl (C=O) groups excluding carboxylic acids is 1. The Hall–Kier alpha value is -1.07. The van der Waals surface area contributed by atoms with Crippen molar-refractivity contribution in [2.45, 2.75) is 25.8 Å². The molecular formula is C15H17BrN2OS. The summed E-state index contributed by atoms with van der Waals surface area (Å²) in [6.07, 6.45) is 3.86. The molecule has 1 unspecified atom stereocenters. The smallest absolute Gasteiger partial charge is 0.271 e. The molecule has 2 aromatic heterocycles. The van der Waals surface area contributed by atoms with E-state index in [1.54, 1.807) is 0 Å². The lowest BCUT2D eigenvalue weighted by Crippen LogP contribution is -2.40. The second-order valence-corrected chi connectivity index (χ2v) is 7.04. The van der Waals surface area contributed by atoms with Gasteiger partial charge in [-0.2, -0.15) is 0 Å². The van der Waals surface area contributed by atoms with Crippen LogP contribution in [0.4, 0.5) is 0 Å². The summed E-state index contributed by atoms with van der Waals surface area (Å²) in [7, 11) is 1.92. The fraction of sp³-hybridized carbons (Fsp3) is 0.400. The van der Waals surface area contributed by atoms with Crippen LogP contribution in [-0.4, -0.2) is 21.9 Å². The van der Waals surface area contributed by atoms with E-state index in [1.807, 2.05) is 40.1 Å². The normalized spacial score (nSPS) is 18.1. The molecule has 3 rings (SSSR count). The molecule has 5 heteroatoms. The van der Waals surface area contributed by atoms with Gasteiger partial charge in [-0.15, -0.1) is 11.3 Å². The van der Waals surface area contributed by atoms with Gasteiger partial charge in [-0.05, 0) is 51.8 Å². The lowest BCUT2D eigenvalue weighted by molar-refractivity contribution is 0.0647. The van der Waals surface area contributed by atoms with Gasteiger partial charge >= 0.3 is 0 Å². The Balaban J connectivity index is 1.94. The molecule has 20 heavy (non-hydrogen) atoms. The molecular weight excluding hydrogens is 336 g/mol.